The Balaban J connectivity index is 2.40. The third kappa shape index (κ3) is 3.31. The van der Waals surface area contributed by atoms with Crippen molar-refractivity contribution in [3.8, 4) is 5.75 Å². The normalized spacial score (nSPS) is 11.0. The molecule has 2 aromatic carbocycles. The second-order valence-electron chi connectivity index (χ2n) is 4.20. The fourth-order valence-corrected chi connectivity index (χ4v) is 2.93. The average Bonchev–Trinajstić information content (AvgIpc) is 2.48. The van der Waals surface area contributed by atoms with Crippen LogP contribution in [0.25, 0.3) is 0 Å². The van der Waals surface area contributed by atoms with Crippen LogP contribution in [0.15, 0.2) is 47.4 Å². The Morgan fingerprint density at radius 3 is 2.36 bits per heavy atom. The number of ether oxygens (including phenoxy) is 1. The molecule has 2 aromatic rings. The molecule has 0 spiro atoms. The predicted molar refractivity (Wildman–Crippen MR) is 76.9 cm³/mol. The van der Waals surface area contributed by atoms with E-state index in [2.05, 4.69) is 4.72 Å². The van der Waals surface area contributed by atoms with Crippen molar-refractivity contribution in [2.75, 3.05) is 11.8 Å². The number of nitro benzene ring substituents is 1. The molecule has 1 N–H and O–H groups in total. The van der Waals surface area contributed by atoms with Gasteiger partial charge in [0.2, 0.25) is 0 Å². The molecule has 0 aliphatic carbocycles. The highest BCUT2D eigenvalue weighted by atomic mass is 32.2. The van der Waals surface area contributed by atoms with Crippen LogP contribution in [-0.2, 0) is 10.0 Å². The molecule has 7 nitrogen and oxygen atoms in total. The van der Waals surface area contributed by atoms with E-state index in [1.54, 1.807) is 0 Å². The van der Waals surface area contributed by atoms with Gasteiger partial charge >= 0.3 is 0 Å². The van der Waals surface area contributed by atoms with Crippen LogP contribution in [0, 0.1) is 15.9 Å². The third-order valence-electron chi connectivity index (χ3n) is 2.74. The van der Waals surface area contributed by atoms with Crippen LogP contribution in [0.4, 0.5) is 15.8 Å². The summed E-state index contributed by atoms with van der Waals surface area (Å²) in [6, 6.07) is 7.86. The van der Waals surface area contributed by atoms with Gasteiger partial charge in [-0.2, -0.15) is 0 Å². The van der Waals surface area contributed by atoms with Crippen LogP contribution < -0.4 is 9.46 Å². The number of methoxy groups -OCH3 is 1. The first kappa shape index (κ1) is 15.7. The number of nitrogens with zero attached hydrogens (tertiary/aromatic N) is 1. The molecule has 0 aliphatic heterocycles. The van der Waals surface area contributed by atoms with Gasteiger partial charge < -0.3 is 4.74 Å². The SMILES string of the molecule is COc1cc([N+](=O)[O-])ccc1S(=O)(=O)Nc1ccc(F)cc1. The van der Waals surface area contributed by atoms with E-state index in [1.165, 1.54) is 19.2 Å². The zero-order valence-corrected chi connectivity index (χ0v) is 12.1. The number of sulfonamides is 1. The van der Waals surface area contributed by atoms with Crippen molar-refractivity contribution in [2.24, 2.45) is 0 Å². The minimum Gasteiger partial charge on any atom is -0.495 e. The summed E-state index contributed by atoms with van der Waals surface area (Å²) in [4.78, 5) is 9.78. The number of hydrogen-bond acceptors (Lipinski definition) is 5. The zero-order valence-electron chi connectivity index (χ0n) is 11.3. The molecule has 0 bridgehead atoms. The van der Waals surface area contributed by atoms with E-state index in [9.17, 15) is 22.9 Å². The molecule has 0 radical (unpaired) electrons. The minimum atomic E-state index is -4.03. The van der Waals surface area contributed by atoms with E-state index < -0.39 is 20.8 Å². The molecular formula is C13H11FN2O5S. The molecule has 0 saturated carbocycles. The Bertz CT molecular complexity index is 806. The van der Waals surface area contributed by atoms with E-state index in [0.717, 1.165) is 30.3 Å². The number of non-ortho nitro benzene ring substituents is 1. The molecule has 0 atom stereocenters. The first-order chi connectivity index (χ1) is 10.3. The molecule has 0 amide bonds. The molecule has 0 aliphatic rings. The Hall–Kier alpha value is -2.68. The van der Waals surface area contributed by atoms with Crippen LogP contribution in [-0.4, -0.2) is 20.5 Å². The maximum Gasteiger partial charge on any atom is 0.273 e. The van der Waals surface area contributed by atoms with Crippen LogP contribution in [0.1, 0.15) is 0 Å². The topological polar surface area (TPSA) is 98.5 Å². The lowest BCUT2D eigenvalue weighted by Gasteiger charge is -2.11. The van der Waals surface area contributed by atoms with Gasteiger partial charge in [0.05, 0.1) is 18.1 Å². The lowest BCUT2D eigenvalue weighted by atomic mass is 10.3. The van der Waals surface area contributed by atoms with E-state index in [-0.39, 0.29) is 22.0 Å². The lowest BCUT2D eigenvalue weighted by Crippen LogP contribution is -2.14. The number of hydrogen-bond donors (Lipinski definition) is 1. The van der Waals surface area contributed by atoms with Crippen LogP contribution in [0.2, 0.25) is 0 Å². The van der Waals surface area contributed by atoms with E-state index in [0.29, 0.717) is 0 Å². The molecule has 0 aromatic heterocycles. The maximum absolute atomic E-state index is 12.8. The predicted octanol–water partition coefficient (Wildman–Crippen LogP) is 2.54. The van der Waals surface area contributed by atoms with Crippen molar-refractivity contribution in [3.63, 3.8) is 0 Å². The number of rotatable bonds is 5. The monoisotopic (exact) mass is 326 g/mol. The smallest absolute Gasteiger partial charge is 0.273 e. The maximum atomic E-state index is 12.8. The summed E-state index contributed by atoms with van der Waals surface area (Å²) >= 11 is 0. The van der Waals surface area contributed by atoms with Gasteiger partial charge in [-0.1, -0.05) is 0 Å². The summed E-state index contributed by atoms with van der Waals surface area (Å²) in [6.45, 7) is 0. The summed E-state index contributed by atoms with van der Waals surface area (Å²) in [5.41, 5.74) is -0.139. The van der Waals surface area contributed by atoms with Gasteiger partial charge in [0, 0.05) is 11.8 Å². The highest BCUT2D eigenvalue weighted by Gasteiger charge is 2.22. The van der Waals surface area contributed by atoms with Gasteiger partial charge in [0.25, 0.3) is 15.7 Å². The van der Waals surface area contributed by atoms with Crippen molar-refractivity contribution in [1.29, 1.82) is 0 Å². The van der Waals surface area contributed by atoms with Crippen molar-refractivity contribution >= 4 is 21.4 Å². The average molecular weight is 326 g/mol. The molecule has 2 rings (SSSR count). The number of halogens is 1. The van der Waals surface area contributed by atoms with Crippen LogP contribution in [0.5, 0.6) is 5.75 Å². The number of anilines is 1. The molecular weight excluding hydrogens is 315 g/mol. The molecule has 0 saturated heterocycles. The van der Waals surface area contributed by atoms with Crippen LogP contribution in [0.3, 0.4) is 0 Å². The second kappa shape index (κ2) is 5.98. The fourth-order valence-electron chi connectivity index (χ4n) is 1.72. The number of nitrogens with one attached hydrogen (secondary N) is 1. The standard InChI is InChI=1S/C13H11FN2O5S/c1-21-12-8-11(16(17)18)6-7-13(12)22(19,20)15-10-4-2-9(14)3-5-10/h2-8,15H,1H3. The Labute approximate surface area is 125 Å². The highest BCUT2D eigenvalue weighted by Crippen LogP contribution is 2.29. The number of benzene rings is 2. The first-order valence-electron chi connectivity index (χ1n) is 5.94. The lowest BCUT2D eigenvalue weighted by molar-refractivity contribution is -0.385. The quantitative estimate of drug-likeness (QED) is 0.672. The Morgan fingerprint density at radius 2 is 1.82 bits per heavy atom. The van der Waals surface area contributed by atoms with E-state index >= 15 is 0 Å². The molecule has 116 valence electrons. The van der Waals surface area contributed by atoms with Crippen molar-refractivity contribution in [1.82, 2.24) is 0 Å². The first-order valence-corrected chi connectivity index (χ1v) is 7.42. The van der Waals surface area contributed by atoms with Gasteiger partial charge in [-0.05, 0) is 30.3 Å². The Kier molecular flexibility index (Phi) is 4.27. The van der Waals surface area contributed by atoms with Crippen molar-refractivity contribution in [2.45, 2.75) is 4.90 Å². The molecule has 0 unspecified atom stereocenters. The fraction of sp³-hybridized carbons (Fsp3) is 0.0769. The molecule has 0 heterocycles. The molecule has 22 heavy (non-hydrogen) atoms. The van der Waals surface area contributed by atoms with Gasteiger partial charge in [-0.25, -0.2) is 12.8 Å². The van der Waals surface area contributed by atoms with E-state index in [1.807, 2.05) is 0 Å². The summed E-state index contributed by atoms with van der Waals surface area (Å²) in [5.74, 6) is -0.667. The summed E-state index contributed by atoms with van der Waals surface area (Å²) in [5, 5.41) is 10.7. The summed E-state index contributed by atoms with van der Waals surface area (Å²) < 4.78 is 44.5. The van der Waals surface area contributed by atoms with Gasteiger partial charge in [0.15, 0.2) is 0 Å². The molecule has 0 fully saturated rings. The summed E-state index contributed by atoms with van der Waals surface area (Å²) in [6.07, 6.45) is 0. The minimum absolute atomic E-state index is 0.154. The Morgan fingerprint density at radius 1 is 1.18 bits per heavy atom. The second-order valence-corrected chi connectivity index (χ2v) is 5.86. The van der Waals surface area contributed by atoms with E-state index in [4.69, 9.17) is 4.74 Å². The third-order valence-corrected chi connectivity index (χ3v) is 4.16. The van der Waals surface area contributed by atoms with Gasteiger partial charge in [0.1, 0.15) is 16.5 Å². The van der Waals surface area contributed by atoms with Crippen molar-refractivity contribution < 1.29 is 22.5 Å². The van der Waals surface area contributed by atoms with Crippen molar-refractivity contribution in [3.05, 3.63) is 58.4 Å². The molecule has 9 heteroatoms. The van der Waals surface area contributed by atoms with Gasteiger partial charge in [-0.3, -0.25) is 14.8 Å². The van der Waals surface area contributed by atoms with Gasteiger partial charge in [-0.15, -0.1) is 0 Å². The largest absolute Gasteiger partial charge is 0.495 e. The zero-order chi connectivity index (χ0) is 16.3. The number of nitro groups is 1. The highest BCUT2D eigenvalue weighted by molar-refractivity contribution is 7.92. The van der Waals surface area contributed by atoms with Crippen LogP contribution >= 0.6 is 0 Å². The summed E-state index contributed by atoms with van der Waals surface area (Å²) in [7, 11) is -2.83.